The van der Waals surface area contributed by atoms with E-state index in [9.17, 15) is 9.59 Å². The third kappa shape index (κ3) is 3.74. The SMILES string of the molecule is Cl.O=C(NCc1ccc2c(c1)CNC2)c1ccc(N2CCCC2=O)cc1. The number of hydrogen-bond acceptors (Lipinski definition) is 3. The maximum Gasteiger partial charge on any atom is 0.251 e. The molecule has 2 aliphatic heterocycles. The van der Waals surface area contributed by atoms with Crippen molar-refractivity contribution in [1.29, 1.82) is 0 Å². The van der Waals surface area contributed by atoms with Crippen LogP contribution >= 0.6 is 12.4 Å². The molecule has 4 rings (SSSR count). The largest absolute Gasteiger partial charge is 0.348 e. The first-order chi connectivity index (χ1) is 12.2. The van der Waals surface area contributed by atoms with Gasteiger partial charge in [0, 0.05) is 43.9 Å². The Balaban J connectivity index is 0.00000196. The van der Waals surface area contributed by atoms with Gasteiger partial charge in [0.2, 0.25) is 5.91 Å². The molecule has 0 radical (unpaired) electrons. The fourth-order valence-electron chi connectivity index (χ4n) is 3.46. The lowest BCUT2D eigenvalue weighted by Crippen LogP contribution is -2.25. The maximum atomic E-state index is 12.3. The molecule has 2 N–H and O–H groups in total. The molecule has 0 spiro atoms. The van der Waals surface area contributed by atoms with E-state index in [1.54, 1.807) is 17.0 Å². The molecule has 2 aliphatic rings. The van der Waals surface area contributed by atoms with Crippen molar-refractivity contribution >= 4 is 29.9 Å². The molecule has 136 valence electrons. The second-order valence-corrected chi connectivity index (χ2v) is 6.59. The molecule has 0 aliphatic carbocycles. The van der Waals surface area contributed by atoms with Crippen LogP contribution in [0.1, 0.15) is 39.9 Å². The summed E-state index contributed by atoms with van der Waals surface area (Å²) in [5.74, 6) is 0.0567. The maximum absolute atomic E-state index is 12.3. The molecule has 2 heterocycles. The third-order valence-electron chi connectivity index (χ3n) is 4.87. The molecule has 0 atom stereocenters. The fourth-order valence-corrected chi connectivity index (χ4v) is 3.46. The molecule has 0 saturated carbocycles. The van der Waals surface area contributed by atoms with Gasteiger partial charge in [-0.2, -0.15) is 0 Å². The molecule has 1 fully saturated rings. The lowest BCUT2D eigenvalue weighted by Gasteiger charge is -2.15. The molecule has 0 bridgehead atoms. The predicted molar refractivity (Wildman–Crippen MR) is 103 cm³/mol. The highest BCUT2D eigenvalue weighted by Crippen LogP contribution is 2.21. The van der Waals surface area contributed by atoms with Crippen LogP contribution in [0.2, 0.25) is 0 Å². The Hall–Kier alpha value is -2.37. The average molecular weight is 372 g/mol. The van der Waals surface area contributed by atoms with E-state index in [1.165, 1.54) is 11.1 Å². The summed E-state index contributed by atoms with van der Waals surface area (Å²) in [6, 6.07) is 13.6. The first-order valence-corrected chi connectivity index (χ1v) is 8.71. The Bertz CT molecular complexity index is 820. The third-order valence-corrected chi connectivity index (χ3v) is 4.87. The smallest absolute Gasteiger partial charge is 0.251 e. The van der Waals surface area contributed by atoms with Gasteiger partial charge in [0.1, 0.15) is 0 Å². The Morgan fingerprint density at radius 1 is 1.08 bits per heavy atom. The molecule has 2 aromatic carbocycles. The van der Waals surface area contributed by atoms with Crippen molar-refractivity contribution in [3.8, 4) is 0 Å². The number of amides is 2. The van der Waals surface area contributed by atoms with Gasteiger partial charge < -0.3 is 15.5 Å². The van der Waals surface area contributed by atoms with Gasteiger partial charge >= 0.3 is 0 Å². The minimum absolute atomic E-state index is 0. The summed E-state index contributed by atoms with van der Waals surface area (Å²) in [5.41, 5.74) is 5.23. The number of halogens is 1. The van der Waals surface area contributed by atoms with E-state index in [2.05, 4.69) is 28.8 Å². The molecule has 2 aromatic rings. The summed E-state index contributed by atoms with van der Waals surface area (Å²) >= 11 is 0. The first-order valence-electron chi connectivity index (χ1n) is 8.71. The van der Waals surface area contributed by atoms with Gasteiger partial charge in [0.25, 0.3) is 5.91 Å². The number of nitrogens with zero attached hydrogens (tertiary/aromatic N) is 1. The summed E-state index contributed by atoms with van der Waals surface area (Å²) in [4.78, 5) is 25.9. The number of rotatable bonds is 4. The van der Waals surface area contributed by atoms with Crippen LogP contribution in [0.15, 0.2) is 42.5 Å². The van der Waals surface area contributed by atoms with E-state index in [0.29, 0.717) is 18.5 Å². The topological polar surface area (TPSA) is 61.4 Å². The average Bonchev–Trinajstić information content (AvgIpc) is 3.28. The van der Waals surface area contributed by atoms with Gasteiger partial charge in [-0.05, 0) is 47.4 Å². The molecule has 26 heavy (non-hydrogen) atoms. The second-order valence-electron chi connectivity index (χ2n) is 6.59. The number of hydrogen-bond donors (Lipinski definition) is 2. The van der Waals surface area contributed by atoms with Crippen LogP contribution in [-0.4, -0.2) is 18.4 Å². The molecule has 0 aromatic heterocycles. The summed E-state index contributed by atoms with van der Waals surface area (Å²) in [7, 11) is 0. The van der Waals surface area contributed by atoms with Gasteiger partial charge in [-0.1, -0.05) is 18.2 Å². The van der Waals surface area contributed by atoms with Crippen molar-refractivity contribution in [3.05, 3.63) is 64.7 Å². The highest BCUT2D eigenvalue weighted by atomic mass is 35.5. The van der Waals surface area contributed by atoms with Gasteiger partial charge in [-0.3, -0.25) is 9.59 Å². The van der Waals surface area contributed by atoms with Crippen molar-refractivity contribution in [1.82, 2.24) is 10.6 Å². The number of fused-ring (bicyclic) bond motifs is 1. The minimum atomic E-state index is -0.0991. The van der Waals surface area contributed by atoms with E-state index in [1.807, 2.05) is 12.1 Å². The van der Waals surface area contributed by atoms with Crippen molar-refractivity contribution in [3.63, 3.8) is 0 Å². The number of anilines is 1. The van der Waals surface area contributed by atoms with Crippen LogP contribution in [0.4, 0.5) is 5.69 Å². The van der Waals surface area contributed by atoms with E-state index in [4.69, 9.17) is 0 Å². The zero-order valence-corrected chi connectivity index (χ0v) is 15.3. The van der Waals surface area contributed by atoms with Crippen LogP contribution in [-0.2, 0) is 24.4 Å². The molecule has 6 heteroatoms. The zero-order chi connectivity index (χ0) is 17.2. The Kier molecular flexibility index (Phi) is 5.59. The van der Waals surface area contributed by atoms with Crippen molar-refractivity contribution in [2.24, 2.45) is 0 Å². The zero-order valence-electron chi connectivity index (χ0n) is 14.5. The Labute approximate surface area is 159 Å². The molecule has 0 unspecified atom stereocenters. The molecule has 1 saturated heterocycles. The number of carbonyl (C=O) groups excluding carboxylic acids is 2. The Morgan fingerprint density at radius 2 is 1.85 bits per heavy atom. The Morgan fingerprint density at radius 3 is 2.58 bits per heavy atom. The summed E-state index contributed by atoms with van der Waals surface area (Å²) < 4.78 is 0. The lowest BCUT2D eigenvalue weighted by molar-refractivity contribution is -0.117. The van der Waals surface area contributed by atoms with Crippen molar-refractivity contribution in [2.45, 2.75) is 32.5 Å². The number of carbonyl (C=O) groups is 2. The van der Waals surface area contributed by atoms with Crippen molar-refractivity contribution < 1.29 is 9.59 Å². The van der Waals surface area contributed by atoms with E-state index >= 15 is 0 Å². The molecular weight excluding hydrogens is 350 g/mol. The molecule has 5 nitrogen and oxygen atoms in total. The van der Waals surface area contributed by atoms with Gasteiger partial charge in [0.05, 0.1) is 0 Å². The van der Waals surface area contributed by atoms with Crippen LogP contribution in [0.3, 0.4) is 0 Å². The van der Waals surface area contributed by atoms with E-state index < -0.39 is 0 Å². The highest BCUT2D eigenvalue weighted by molar-refractivity contribution is 5.97. The molecular formula is C20H22ClN3O2. The van der Waals surface area contributed by atoms with Crippen LogP contribution in [0, 0.1) is 0 Å². The second kappa shape index (κ2) is 7.89. The normalized spacial score (nSPS) is 15.5. The van der Waals surface area contributed by atoms with Crippen LogP contribution < -0.4 is 15.5 Å². The van der Waals surface area contributed by atoms with E-state index in [-0.39, 0.29) is 24.2 Å². The standard InChI is InChI=1S/C20H21N3O2.ClH/c24-19-2-1-9-23(19)18-7-5-15(6-8-18)20(25)22-11-14-3-4-16-12-21-13-17(16)10-14;/h3-8,10,21H,1-2,9,11-13H2,(H,22,25);1H. The molecule has 2 amide bonds. The number of benzene rings is 2. The highest BCUT2D eigenvalue weighted by Gasteiger charge is 2.21. The van der Waals surface area contributed by atoms with Crippen LogP contribution in [0.25, 0.3) is 0 Å². The summed E-state index contributed by atoms with van der Waals surface area (Å²) in [6.07, 6.45) is 1.51. The summed E-state index contributed by atoms with van der Waals surface area (Å²) in [5, 5.41) is 6.29. The van der Waals surface area contributed by atoms with E-state index in [0.717, 1.165) is 37.3 Å². The predicted octanol–water partition coefficient (Wildman–Crippen LogP) is 2.77. The van der Waals surface area contributed by atoms with Gasteiger partial charge in [-0.15, -0.1) is 12.4 Å². The monoisotopic (exact) mass is 371 g/mol. The lowest BCUT2D eigenvalue weighted by atomic mass is 10.1. The minimum Gasteiger partial charge on any atom is -0.348 e. The first kappa shape index (κ1) is 18.4. The van der Waals surface area contributed by atoms with Gasteiger partial charge in [-0.25, -0.2) is 0 Å². The number of nitrogens with one attached hydrogen (secondary N) is 2. The van der Waals surface area contributed by atoms with Crippen molar-refractivity contribution in [2.75, 3.05) is 11.4 Å². The quantitative estimate of drug-likeness (QED) is 0.868. The van der Waals surface area contributed by atoms with Gasteiger partial charge in [0.15, 0.2) is 0 Å². The fraction of sp³-hybridized carbons (Fsp3) is 0.300. The van der Waals surface area contributed by atoms with Crippen LogP contribution in [0.5, 0.6) is 0 Å². The summed E-state index contributed by atoms with van der Waals surface area (Å²) in [6.45, 7) is 3.09.